The molecule has 3 rings (SSSR count). The predicted octanol–water partition coefficient (Wildman–Crippen LogP) is 3.53. The van der Waals surface area contributed by atoms with Crippen LogP contribution in [0.25, 0.3) is 0 Å². The van der Waals surface area contributed by atoms with Crippen LogP contribution >= 0.6 is 0 Å². The fraction of sp³-hybridized carbons (Fsp3) is 0.368. The Morgan fingerprint density at radius 2 is 1.81 bits per heavy atom. The molecule has 0 saturated carbocycles. The van der Waals surface area contributed by atoms with Crippen molar-refractivity contribution in [2.45, 2.75) is 37.8 Å². The molecule has 0 spiro atoms. The van der Waals surface area contributed by atoms with Crippen molar-refractivity contribution in [1.82, 2.24) is 5.32 Å². The maximum Gasteiger partial charge on any atom is 0.0539 e. The van der Waals surface area contributed by atoms with Crippen LogP contribution in [-0.4, -0.2) is 6.54 Å². The average molecular weight is 280 g/mol. The van der Waals surface area contributed by atoms with Crippen molar-refractivity contribution in [3.63, 3.8) is 0 Å². The lowest BCUT2D eigenvalue weighted by Crippen LogP contribution is -2.48. The Hall–Kier alpha value is -1.64. The number of hydrogen-bond acceptors (Lipinski definition) is 2. The van der Waals surface area contributed by atoms with Gasteiger partial charge in [-0.15, -0.1) is 0 Å². The van der Waals surface area contributed by atoms with E-state index < -0.39 is 0 Å². The van der Waals surface area contributed by atoms with Gasteiger partial charge in [-0.1, -0.05) is 54.6 Å². The van der Waals surface area contributed by atoms with E-state index in [1.165, 1.54) is 23.1 Å². The first-order chi connectivity index (χ1) is 10.2. The summed E-state index contributed by atoms with van der Waals surface area (Å²) in [7, 11) is 0. The van der Waals surface area contributed by atoms with Crippen molar-refractivity contribution >= 4 is 0 Å². The van der Waals surface area contributed by atoms with Gasteiger partial charge in [0.2, 0.25) is 0 Å². The molecule has 21 heavy (non-hydrogen) atoms. The lowest BCUT2D eigenvalue weighted by Gasteiger charge is -2.37. The van der Waals surface area contributed by atoms with Crippen LogP contribution in [-0.2, 0) is 12.0 Å². The summed E-state index contributed by atoms with van der Waals surface area (Å²) in [6, 6.07) is 19.5. The molecule has 1 aliphatic rings. The van der Waals surface area contributed by atoms with Crippen LogP contribution in [0.3, 0.4) is 0 Å². The van der Waals surface area contributed by atoms with Gasteiger partial charge in [-0.05, 0) is 42.9 Å². The van der Waals surface area contributed by atoms with Crippen LogP contribution in [0.1, 0.15) is 42.5 Å². The van der Waals surface area contributed by atoms with E-state index >= 15 is 0 Å². The smallest absolute Gasteiger partial charge is 0.0539 e. The van der Waals surface area contributed by atoms with E-state index in [4.69, 9.17) is 5.73 Å². The molecule has 2 aromatic carbocycles. The molecule has 2 aromatic rings. The summed E-state index contributed by atoms with van der Waals surface area (Å²) in [6.45, 7) is 3.02. The predicted molar refractivity (Wildman–Crippen MR) is 88.1 cm³/mol. The Labute approximate surface area is 127 Å². The third-order valence-electron chi connectivity index (χ3n) is 4.65. The molecule has 0 bridgehead atoms. The molecule has 0 heterocycles. The number of nitrogens with two attached hydrogens (primary N) is 1. The maximum atomic E-state index is 6.73. The van der Waals surface area contributed by atoms with Crippen molar-refractivity contribution < 1.29 is 0 Å². The standard InChI is InChI=1S/C19H24N2/c1-15(16-8-3-2-4-9-16)21-14-19(20)13-7-11-17-10-5-6-12-18(17)19/h2-6,8-10,12,15,21H,7,11,13-14,20H2,1H3/t15-,19?/m0/s1. The highest BCUT2D eigenvalue weighted by molar-refractivity contribution is 5.36. The van der Waals surface area contributed by atoms with Gasteiger partial charge in [0.05, 0.1) is 5.54 Å². The molecule has 0 aliphatic heterocycles. The topological polar surface area (TPSA) is 38.0 Å². The summed E-state index contributed by atoms with van der Waals surface area (Å²) in [5, 5.41) is 3.63. The third kappa shape index (κ3) is 3.02. The molecular formula is C19H24N2. The van der Waals surface area contributed by atoms with Gasteiger partial charge in [-0.25, -0.2) is 0 Å². The van der Waals surface area contributed by atoms with Gasteiger partial charge >= 0.3 is 0 Å². The van der Waals surface area contributed by atoms with Crippen LogP contribution in [0, 0.1) is 0 Å². The van der Waals surface area contributed by atoms with Crippen LogP contribution in [0.15, 0.2) is 54.6 Å². The third-order valence-corrected chi connectivity index (χ3v) is 4.65. The summed E-state index contributed by atoms with van der Waals surface area (Å²) in [5.41, 5.74) is 10.5. The molecule has 2 atom stereocenters. The fourth-order valence-electron chi connectivity index (χ4n) is 3.33. The lowest BCUT2D eigenvalue weighted by atomic mass is 9.77. The number of hydrogen-bond donors (Lipinski definition) is 2. The molecule has 110 valence electrons. The van der Waals surface area contributed by atoms with E-state index in [-0.39, 0.29) is 5.54 Å². The molecule has 0 aromatic heterocycles. The first-order valence-corrected chi connectivity index (χ1v) is 7.85. The van der Waals surface area contributed by atoms with Gasteiger partial charge in [-0.2, -0.15) is 0 Å². The molecule has 2 nitrogen and oxygen atoms in total. The summed E-state index contributed by atoms with van der Waals surface area (Å²) < 4.78 is 0. The average Bonchev–Trinajstić information content (AvgIpc) is 2.54. The van der Waals surface area contributed by atoms with Crippen molar-refractivity contribution in [2.24, 2.45) is 5.73 Å². The first kappa shape index (κ1) is 14.3. The minimum absolute atomic E-state index is 0.238. The minimum Gasteiger partial charge on any atom is -0.320 e. The van der Waals surface area contributed by atoms with E-state index in [1.54, 1.807) is 0 Å². The molecule has 0 radical (unpaired) electrons. The van der Waals surface area contributed by atoms with Crippen molar-refractivity contribution in [3.05, 3.63) is 71.3 Å². The lowest BCUT2D eigenvalue weighted by molar-refractivity contribution is 0.336. The second-order valence-corrected chi connectivity index (χ2v) is 6.18. The Kier molecular flexibility index (Phi) is 4.09. The molecule has 1 unspecified atom stereocenters. The van der Waals surface area contributed by atoms with Gasteiger partial charge in [0, 0.05) is 12.6 Å². The zero-order chi connectivity index (χ0) is 14.7. The number of rotatable bonds is 4. The van der Waals surface area contributed by atoms with Gasteiger partial charge in [0.1, 0.15) is 0 Å². The molecular weight excluding hydrogens is 256 g/mol. The molecule has 0 saturated heterocycles. The van der Waals surface area contributed by atoms with E-state index in [9.17, 15) is 0 Å². The summed E-state index contributed by atoms with van der Waals surface area (Å²) in [4.78, 5) is 0. The Morgan fingerprint density at radius 1 is 1.10 bits per heavy atom. The van der Waals surface area contributed by atoms with Crippen molar-refractivity contribution in [3.8, 4) is 0 Å². The Morgan fingerprint density at radius 3 is 2.62 bits per heavy atom. The van der Waals surface area contributed by atoms with Crippen molar-refractivity contribution in [1.29, 1.82) is 0 Å². The zero-order valence-corrected chi connectivity index (χ0v) is 12.7. The largest absolute Gasteiger partial charge is 0.320 e. The second-order valence-electron chi connectivity index (χ2n) is 6.18. The molecule has 2 heteroatoms. The van der Waals surface area contributed by atoms with E-state index in [1.807, 2.05) is 0 Å². The number of nitrogens with one attached hydrogen (secondary N) is 1. The maximum absolute atomic E-state index is 6.73. The van der Waals surface area contributed by atoms with Crippen LogP contribution in [0.5, 0.6) is 0 Å². The fourth-order valence-corrected chi connectivity index (χ4v) is 3.33. The van der Waals surface area contributed by atoms with Crippen LogP contribution in [0.4, 0.5) is 0 Å². The van der Waals surface area contributed by atoms with Gasteiger partial charge in [-0.3, -0.25) is 0 Å². The Balaban J connectivity index is 1.73. The number of benzene rings is 2. The van der Waals surface area contributed by atoms with Crippen LogP contribution in [0.2, 0.25) is 0 Å². The molecule has 0 amide bonds. The van der Waals surface area contributed by atoms with E-state index in [2.05, 4.69) is 66.8 Å². The second kappa shape index (κ2) is 6.00. The summed E-state index contributed by atoms with van der Waals surface area (Å²) >= 11 is 0. The highest BCUT2D eigenvalue weighted by Crippen LogP contribution is 2.33. The van der Waals surface area contributed by atoms with Crippen LogP contribution < -0.4 is 11.1 Å². The molecule has 0 fully saturated rings. The minimum atomic E-state index is -0.238. The number of aryl methyl sites for hydroxylation is 1. The number of fused-ring (bicyclic) bond motifs is 1. The van der Waals surface area contributed by atoms with E-state index in [0.29, 0.717) is 6.04 Å². The highest BCUT2D eigenvalue weighted by Gasteiger charge is 2.32. The van der Waals surface area contributed by atoms with Gasteiger partial charge in [0.25, 0.3) is 0 Å². The normalized spacial score (nSPS) is 22.6. The van der Waals surface area contributed by atoms with Gasteiger partial charge in [0.15, 0.2) is 0 Å². The molecule has 3 N–H and O–H groups in total. The molecule has 1 aliphatic carbocycles. The monoisotopic (exact) mass is 280 g/mol. The Bertz CT molecular complexity index is 594. The quantitative estimate of drug-likeness (QED) is 0.899. The summed E-state index contributed by atoms with van der Waals surface area (Å²) in [6.07, 6.45) is 3.39. The first-order valence-electron chi connectivity index (χ1n) is 7.85. The zero-order valence-electron chi connectivity index (χ0n) is 12.7. The van der Waals surface area contributed by atoms with Crippen molar-refractivity contribution in [2.75, 3.05) is 6.54 Å². The summed E-state index contributed by atoms with van der Waals surface area (Å²) in [5.74, 6) is 0. The SMILES string of the molecule is C[C@H](NCC1(N)CCCc2ccccc21)c1ccccc1. The van der Waals surface area contributed by atoms with Gasteiger partial charge < -0.3 is 11.1 Å². The highest BCUT2D eigenvalue weighted by atomic mass is 15.0. The van der Waals surface area contributed by atoms with E-state index in [0.717, 1.165) is 19.4 Å².